The third kappa shape index (κ3) is 3.92. The van der Waals surface area contributed by atoms with Crippen molar-refractivity contribution in [3.05, 3.63) is 66.0 Å². The third-order valence-electron chi connectivity index (χ3n) is 7.85. The number of hydrogen-bond acceptors (Lipinski definition) is 6. The lowest BCUT2D eigenvalue weighted by atomic mass is 9.46. The van der Waals surface area contributed by atoms with Gasteiger partial charge in [-0.25, -0.2) is 9.59 Å². The zero-order valence-corrected chi connectivity index (χ0v) is 18.8. The first kappa shape index (κ1) is 22.5. The molecule has 0 spiro atoms. The Balaban J connectivity index is 1.57. The van der Waals surface area contributed by atoms with Crippen LogP contribution < -0.4 is 0 Å². The van der Waals surface area contributed by atoms with E-state index in [1.165, 1.54) is 6.20 Å². The van der Waals surface area contributed by atoms with E-state index in [1.807, 2.05) is 13.0 Å². The summed E-state index contributed by atoms with van der Waals surface area (Å²) in [5, 5.41) is 11.0. The highest BCUT2D eigenvalue weighted by molar-refractivity contribution is 5.93. The van der Waals surface area contributed by atoms with Gasteiger partial charge >= 0.3 is 11.9 Å². The van der Waals surface area contributed by atoms with E-state index >= 15 is 0 Å². The van der Waals surface area contributed by atoms with E-state index in [-0.39, 0.29) is 29.8 Å². The van der Waals surface area contributed by atoms with Crippen molar-refractivity contribution in [2.24, 2.45) is 22.7 Å². The standard InChI is InChI=1S/C26H31NO5/c1-17-6-9-21-25(2,20(17)8-7-18-11-14-31-23(18)29)12-10-22(28)26(21,3)16-32-24(30)19-5-4-13-27-15-19/h4-5,7-8,11,13,15,20-22,28H,1,6,9-10,12,14,16H2,2-3H3/b8-7+/t20-,21+,22-,25+,26+/m1/s1. The molecule has 0 bridgehead atoms. The molecule has 0 amide bonds. The van der Waals surface area contributed by atoms with Gasteiger partial charge in [-0.3, -0.25) is 4.98 Å². The molecule has 2 heterocycles. The molecular weight excluding hydrogens is 406 g/mol. The summed E-state index contributed by atoms with van der Waals surface area (Å²) >= 11 is 0. The van der Waals surface area contributed by atoms with E-state index in [0.29, 0.717) is 24.2 Å². The average molecular weight is 438 g/mol. The molecule has 1 aromatic rings. The van der Waals surface area contributed by atoms with Gasteiger partial charge in [-0.1, -0.05) is 38.2 Å². The van der Waals surface area contributed by atoms with Crippen LogP contribution in [0.25, 0.3) is 0 Å². The number of pyridine rings is 1. The molecule has 1 aliphatic heterocycles. The van der Waals surface area contributed by atoms with Gasteiger partial charge in [-0.2, -0.15) is 0 Å². The van der Waals surface area contributed by atoms with Gasteiger partial charge in [0.05, 0.1) is 23.8 Å². The van der Waals surface area contributed by atoms with Crippen molar-refractivity contribution < 1.29 is 24.2 Å². The fraction of sp³-hybridized carbons (Fsp3) is 0.500. The number of carbonyl (C=O) groups excluding carboxylic acids is 2. The van der Waals surface area contributed by atoms with Crippen molar-refractivity contribution in [3.63, 3.8) is 0 Å². The first-order chi connectivity index (χ1) is 15.3. The summed E-state index contributed by atoms with van der Waals surface area (Å²) in [7, 11) is 0. The molecule has 6 heteroatoms. The molecule has 0 radical (unpaired) electrons. The molecule has 6 nitrogen and oxygen atoms in total. The molecule has 0 unspecified atom stereocenters. The lowest BCUT2D eigenvalue weighted by molar-refractivity contribution is -0.147. The molecule has 3 aliphatic rings. The summed E-state index contributed by atoms with van der Waals surface area (Å²) in [6.45, 7) is 9.06. The minimum Gasteiger partial charge on any atom is -0.461 e. The topological polar surface area (TPSA) is 85.7 Å². The van der Waals surface area contributed by atoms with E-state index in [4.69, 9.17) is 9.47 Å². The van der Waals surface area contributed by atoms with Gasteiger partial charge in [0, 0.05) is 23.7 Å². The van der Waals surface area contributed by atoms with Crippen LogP contribution in [-0.2, 0) is 14.3 Å². The summed E-state index contributed by atoms with van der Waals surface area (Å²) < 4.78 is 10.7. The summed E-state index contributed by atoms with van der Waals surface area (Å²) in [6, 6.07) is 3.37. The van der Waals surface area contributed by atoms with Gasteiger partial charge in [0.25, 0.3) is 0 Å². The Labute approximate surface area is 189 Å². The molecule has 0 aromatic carbocycles. The zero-order valence-electron chi connectivity index (χ0n) is 18.8. The van der Waals surface area contributed by atoms with E-state index in [0.717, 1.165) is 24.8 Å². The molecule has 1 N–H and O–H groups in total. The highest BCUT2D eigenvalue weighted by atomic mass is 16.5. The first-order valence-electron chi connectivity index (χ1n) is 11.2. The van der Waals surface area contributed by atoms with E-state index in [9.17, 15) is 14.7 Å². The first-order valence-corrected chi connectivity index (χ1v) is 11.2. The van der Waals surface area contributed by atoms with Gasteiger partial charge in [-0.15, -0.1) is 0 Å². The minimum absolute atomic E-state index is 0.0661. The molecule has 170 valence electrons. The van der Waals surface area contributed by atoms with Crippen LogP contribution in [0.4, 0.5) is 0 Å². The monoisotopic (exact) mass is 437 g/mol. The van der Waals surface area contributed by atoms with Crippen LogP contribution in [0.15, 0.2) is 60.5 Å². The second-order valence-corrected chi connectivity index (χ2v) is 9.73. The number of ether oxygens (including phenoxy) is 2. The van der Waals surface area contributed by atoms with Crippen LogP contribution in [0, 0.1) is 22.7 Å². The molecule has 4 rings (SSSR count). The SMILES string of the molecule is C=C1CC[C@@H]2[C@](C)(COC(=O)c3cccnc3)[C@H](O)CC[C@@]2(C)[C@@H]1/C=C/C1=CCOC1=O. The molecular formula is C26H31NO5. The quantitative estimate of drug-likeness (QED) is 0.553. The number of carbonyl (C=O) groups is 2. The predicted molar refractivity (Wildman–Crippen MR) is 120 cm³/mol. The molecule has 1 aromatic heterocycles. The van der Waals surface area contributed by atoms with Crippen molar-refractivity contribution in [2.45, 2.75) is 45.6 Å². The maximum absolute atomic E-state index is 12.6. The number of nitrogens with zero attached hydrogens (tertiary/aromatic N) is 1. The Bertz CT molecular complexity index is 968. The predicted octanol–water partition coefficient (Wildman–Crippen LogP) is 4.03. The van der Waals surface area contributed by atoms with Gasteiger partial charge < -0.3 is 14.6 Å². The summed E-state index contributed by atoms with van der Waals surface area (Å²) in [6.07, 6.45) is 11.4. The smallest absolute Gasteiger partial charge is 0.339 e. The number of rotatable bonds is 5. The summed E-state index contributed by atoms with van der Waals surface area (Å²) in [5.74, 6) is -0.528. The average Bonchev–Trinajstić information content (AvgIpc) is 3.20. The Hall–Kier alpha value is -2.73. The third-order valence-corrected chi connectivity index (χ3v) is 7.85. The van der Waals surface area contributed by atoms with Crippen molar-refractivity contribution in [1.29, 1.82) is 0 Å². The fourth-order valence-corrected chi connectivity index (χ4v) is 5.97. The number of fused-ring (bicyclic) bond motifs is 1. The van der Waals surface area contributed by atoms with Crippen LogP contribution in [0.2, 0.25) is 0 Å². The number of hydrogen-bond donors (Lipinski definition) is 1. The van der Waals surface area contributed by atoms with E-state index in [1.54, 1.807) is 24.4 Å². The second-order valence-electron chi connectivity index (χ2n) is 9.73. The lowest BCUT2D eigenvalue weighted by Gasteiger charge is -2.59. The number of aromatic nitrogens is 1. The van der Waals surface area contributed by atoms with Gasteiger partial charge in [0.2, 0.25) is 0 Å². The second kappa shape index (κ2) is 8.66. The number of aliphatic hydroxyl groups excluding tert-OH is 1. The van der Waals surface area contributed by atoms with Crippen LogP contribution in [0.1, 0.15) is 49.9 Å². The number of aliphatic hydroxyl groups is 1. The Kier molecular flexibility index (Phi) is 6.08. The van der Waals surface area contributed by atoms with Crippen LogP contribution in [-0.4, -0.2) is 41.3 Å². The summed E-state index contributed by atoms with van der Waals surface area (Å²) in [5.41, 5.74) is 1.37. The number of cyclic esters (lactones) is 1. The van der Waals surface area contributed by atoms with Crippen molar-refractivity contribution in [2.75, 3.05) is 13.2 Å². The van der Waals surface area contributed by atoms with Crippen molar-refractivity contribution >= 4 is 11.9 Å². The largest absolute Gasteiger partial charge is 0.461 e. The highest BCUT2D eigenvalue weighted by Gasteiger charge is 2.57. The van der Waals surface area contributed by atoms with Crippen molar-refractivity contribution in [3.8, 4) is 0 Å². The van der Waals surface area contributed by atoms with Crippen LogP contribution in [0.3, 0.4) is 0 Å². The molecule has 2 saturated carbocycles. The molecule has 2 fully saturated rings. The van der Waals surface area contributed by atoms with Crippen LogP contribution in [0.5, 0.6) is 0 Å². The number of esters is 2. The molecule has 5 atom stereocenters. The Morgan fingerprint density at radius 1 is 1.41 bits per heavy atom. The highest BCUT2D eigenvalue weighted by Crippen LogP contribution is 2.61. The number of allylic oxidation sites excluding steroid dienone is 2. The Morgan fingerprint density at radius 3 is 2.91 bits per heavy atom. The van der Waals surface area contributed by atoms with Crippen LogP contribution >= 0.6 is 0 Å². The molecule has 2 aliphatic carbocycles. The lowest BCUT2D eigenvalue weighted by Crippen LogP contribution is -2.57. The van der Waals surface area contributed by atoms with Gasteiger partial charge in [0.15, 0.2) is 0 Å². The maximum atomic E-state index is 12.6. The maximum Gasteiger partial charge on any atom is 0.339 e. The van der Waals surface area contributed by atoms with Crippen molar-refractivity contribution in [1.82, 2.24) is 4.98 Å². The molecule has 32 heavy (non-hydrogen) atoms. The zero-order chi connectivity index (χ0) is 22.9. The van der Waals surface area contributed by atoms with E-state index in [2.05, 4.69) is 24.6 Å². The fourth-order valence-electron chi connectivity index (χ4n) is 5.97. The van der Waals surface area contributed by atoms with Gasteiger partial charge in [0.1, 0.15) is 6.61 Å². The normalized spacial score (nSPS) is 34.7. The Morgan fingerprint density at radius 2 is 2.22 bits per heavy atom. The van der Waals surface area contributed by atoms with E-state index < -0.39 is 17.5 Å². The van der Waals surface area contributed by atoms with Gasteiger partial charge in [-0.05, 0) is 55.2 Å². The molecule has 0 saturated heterocycles. The summed E-state index contributed by atoms with van der Waals surface area (Å²) in [4.78, 5) is 28.4. The minimum atomic E-state index is -0.580.